The molecule has 9 heteroatoms. The Bertz CT molecular complexity index is 695. The van der Waals surface area contributed by atoms with Crippen LogP contribution in [0.25, 0.3) is 5.69 Å². The summed E-state index contributed by atoms with van der Waals surface area (Å²) >= 11 is 11.5. The molecule has 4 nitrogen and oxygen atoms in total. The van der Waals surface area contributed by atoms with Crippen molar-refractivity contribution in [2.75, 3.05) is 5.73 Å². The maximum absolute atomic E-state index is 12.8. The van der Waals surface area contributed by atoms with Gasteiger partial charge in [-0.2, -0.15) is 23.5 Å². The van der Waals surface area contributed by atoms with Crippen LogP contribution in [0.1, 0.15) is 11.3 Å². The van der Waals surface area contributed by atoms with Gasteiger partial charge in [-0.3, -0.25) is 0 Å². The van der Waals surface area contributed by atoms with Gasteiger partial charge in [0.05, 0.1) is 5.69 Å². The van der Waals surface area contributed by atoms with Crippen LogP contribution in [-0.2, 0) is 6.18 Å². The Kier molecular flexibility index (Phi) is 3.54. The van der Waals surface area contributed by atoms with Crippen molar-refractivity contribution in [2.45, 2.75) is 6.18 Å². The van der Waals surface area contributed by atoms with Crippen LogP contribution in [0.2, 0.25) is 10.0 Å². The van der Waals surface area contributed by atoms with Crippen molar-refractivity contribution in [3.05, 3.63) is 39.5 Å². The van der Waals surface area contributed by atoms with Crippen LogP contribution in [0, 0.1) is 11.3 Å². The number of alkyl halides is 3. The fourth-order valence-corrected chi connectivity index (χ4v) is 2.11. The Labute approximate surface area is 121 Å². The number of rotatable bonds is 1. The molecule has 1 aromatic heterocycles. The minimum Gasteiger partial charge on any atom is -0.382 e. The minimum atomic E-state index is -4.78. The lowest BCUT2D eigenvalue weighted by Crippen LogP contribution is -2.08. The van der Waals surface area contributed by atoms with Crippen molar-refractivity contribution < 1.29 is 13.2 Å². The maximum atomic E-state index is 12.8. The molecule has 0 spiro atoms. The van der Waals surface area contributed by atoms with Gasteiger partial charge in [-0.1, -0.05) is 23.2 Å². The predicted octanol–water partition coefficient (Wildman–Crippen LogP) is 3.65. The fourth-order valence-electron chi connectivity index (χ4n) is 1.60. The van der Waals surface area contributed by atoms with Crippen LogP contribution in [0.15, 0.2) is 18.2 Å². The van der Waals surface area contributed by atoms with Gasteiger partial charge in [-0.15, -0.1) is 0 Å². The summed E-state index contributed by atoms with van der Waals surface area (Å²) in [5.74, 6) is -0.432. The van der Waals surface area contributed by atoms with Gasteiger partial charge in [0.25, 0.3) is 0 Å². The third-order valence-electron chi connectivity index (χ3n) is 2.39. The molecule has 0 radical (unpaired) electrons. The summed E-state index contributed by atoms with van der Waals surface area (Å²) in [5, 5.41) is 12.5. The highest BCUT2D eigenvalue weighted by molar-refractivity contribution is 6.34. The molecule has 0 aliphatic heterocycles. The van der Waals surface area contributed by atoms with Crippen molar-refractivity contribution in [2.24, 2.45) is 0 Å². The number of anilines is 1. The van der Waals surface area contributed by atoms with Gasteiger partial charge in [-0.25, -0.2) is 4.68 Å². The van der Waals surface area contributed by atoms with Gasteiger partial charge in [0.1, 0.15) is 17.5 Å². The van der Waals surface area contributed by atoms with E-state index < -0.39 is 23.3 Å². The van der Waals surface area contributed by atoms with E-state index in [1.54, 1.807) is 0 Å². The summed E-state index contributed by atoms with van der Waals surface area (Å²) in [6, 6.07) is 5.46. The lowest BCUT2D eigenvalue weighted by Gasteiger charge is -2.05. The number of nitrogen functional groups attached to an aromatic ring is 1. The molecule has 2 N–H and O–H groups in total. The Morgan fingerprint density at radius 2 is 1.75 bits per heavy atom. The highest BCUT2D eigenvalue weighted by Gasteiger charge is 2.39. The molecule has 104 valence electrons. The molecule has 0 amide bonds. The largest absolute Gasteiger partial charge is 0.436 e. The van der Waals surface area contributed by atoms with Crippen molar-refractivity contribution >= 4 is 29.0 Å². The number of benzene rings is 1. The van der Waals surface area contributed by atoms with Gasteiger partial charge in [0.2, 0.25) is 0 Å². The minimum absolute atomic E-state index is 0.131. The van der Waals surface area contributed by atoms with Crippen LogP contribution in [0.5, 0.6) is 0 Å². The predicted molar refractivity (Wildman–Crippen MR) is 67.7 cm³/mol. The van der Waals surface area contributed by atoms with E-state index >= 15 is 0 Å². The standard InChI is InChI=1S/C11H5Cl2F3N4/c12-5-1-6(13)3-7(2-5)20-10(18)8(4-17)9(19-20)11(14,15)16/h1-3H,18H2. The van der Waals surface area contributed by atoms with E-state index in [-0.39, 0.29) is 15.7 Å². The highest BCUT2D eigenvalue weighted by atomic mass is 35.5. The van der Waals surface area contributed by atoms with E-state index in [1.807, 2.05) is 0 Å². The van der Waals surface area contributed by atoms with Crippen LogP contribution in [-0.4, -0.2) is 9.78 Å². The third kappa shape index (κ3) is 2.53. The Morgan fingerprint density at radius 1 is 1.20 bits per heavy atom. The first-order valence-corrected chi connectivity index (χ1v) is 5.82. The molecule has 2 rings (SSSR count). The fraction of sp³-hybridized carbons (Fsp3) is 0.0909. The summed E-state index contributed by atoms with van der Waals surface area (Å²) in [6.07, 6.45) is -4.78. The first kappa shape index (κ1) is 14.5. The van der Waals surface area contributed by atoms with Gasteiger partial charge < -0.3 is 5.73 Å². The van der Waals surface area contributed by atoms with Gasteiger partial charge in [0.15, 0.2) is 5.69 Å². The zero-order valence-electron chi connectivity index (χ0n) is 9.54. The number of nitrogens with zero attached hydrogens (tertiary/aromatic N) is 3. The van der Waals surface area contributed by atoms with E-state index in [0.29, 0.717) is 0 Å². The quantitative estimate of drug-likeness (QED) is 0.872. The van der Waals surface area contributed by atoms with E-state index in [1.165, 1.54) is 24.3 Å². The lowest BCUT2D eigenvalue weighted by molar-refractivity contribution is -0.141. The number of aromatic nitrogens is 2. The highest BCUT2D eigenvalue weighted by Crippen LogP contribution is 2.34. The van der Waals surface area contributed by atoms with Gasteiger partial charge in [0, 0.05) is 10.0 Å². The molecule has 0 unspecified atom stereocenters. The second-order valence-electron chi connectivity index (χ2n) is 3.76. The second kappa shape index (κ2) is 4.89. The molecule has 0 saturated carbocycles. The normalized spacial score (nSPS) is 11.4. The topological polar surface area (TPSA) is 67.6 Å². The summed E-state index contributed by atoms with van der Waals surface area (Å²) in [4.78, 5) is 0. The van der Waals surface area contributed by atoms with Crippen LogP contribution in [0.3, 0.4) is 0 Å². The SMILES string of the molecule is N#Cc1c(C(F)(F)F)nn(-c2cc(Cl)cc(Cl)c2)c1N. The van der Waals surface area contributed by atoms with Crippen molar-refractivity contribution in [3.63, 3.8) is 0 Å². The molecular formula is C11H5Cl2F3N4. The molecule has 1 aromatic carbocycles. The average molecular weight is 321 g/mol. The third-order valence-corrected chi connectivity index (χ3v) is 2.83. The monoisotopic (exact) mass is 320 g/mol. The molecule has 2 aromatic rings. The number of nitriles is 1. The summed E-state index contributed by atoms with van der Waals surface area (Å²) in [7, 11) is 0. The Hall–Kier alpha value is -1.91. The Morgan fingerprint density at radius 3 is 2.15 bits per heavy atom. The van der Waals surface area contributed by atoms with E-state index in [9.17, 15) is 13.2 Å². The summed E-state index contributed by atoms with van der Waals surface area (Å²) < 4.78 is 39.1. The first-order valence-electron chi connectivity index (χ1n) is 5.06. The van der Waals surface area contributed by atoms with E-state index in [0.717, 1.165) is 4.68 Å². The molecule has 1 heterocycles. The Balaban J connectivity index is 2.71. The zero-order valence-corrected chi connectivity index (χ0v) is 11.1. The van der Waals surface area contributed by atoms with E-state index in [2.05, 4.69) is 5.10 Å². The van der Waals surface area contributed by atoms with Gasteiger partial charge >= 0.3 is 6.18 Å². The van der Waals surface area contributed by atoms with Crippen LogP contribution >= 0.6 is 23.2 Å². The average Bonchev–Trinajstić information content (AvgIpc) is 2.64. The lowest BCUT2D eigenvalue weighted by atomic mass is 10.2. The number of nitrogens with two attached hydrogens (primary N) is 1. The number of hydrogen-bond acceptors (Lipinski definition) is 3. The smallest absolute Gasteiger partial charge is 0.382 e. The van der Waals surface area contributed by atoms with Crippen molar-refractivity contribution in [3.8, 4) is 11.8 Å². The molecule has 0 saturated heterocycles. The summed E-state index contributed by atoms with van der Waals surface area (Å²) in [5.41, 5.74) is 3.57. The molecule has 0 aliphatic carbocycles. The number of hydrogen-bond donors (Lipinski definition) is 1. The van der Waals surface area contributed by atoms with Crippen LogP contribution in [0.4, 0.5) is 19.0 Å². The first-order chi connectivity index (χ1) is 9.24. The molecule has 0 fully saturated rings. The molecule has 20 heavy (non-hydrogen) atoms. The molecular weight excluding hydrogens is 316 g/mol. The summed E-state index contributed by atoms with van der Waals surface area (Å²) in [6.45, 7) is 0. The maximum Gasteiger partial charge on any atom is 0.436 e. The van der Waals surface area contributed by atoms with Crippen LogP contribution < -0.4 is 5.73 Å². The second-order valence-corrected chi connectivity index (χ2v) is 4.63. The van der Waals surface area contributed by atoms with Gasteiger partial charge in [-0.05, 0) is 18.2 Å². The molecule has 0 aliphatic rings. The van der Waals surface area contributed by atoms with Crippen molar-refractivity contribution in [1.29, 1.82) is 5.26 Å². The number of halogens is 5. The molecule has 0 atom stereocenters. The zero-order chi connectivity index (χ0) is 15.1. The van der Waals surface area contributed by atoms with Crippen molar-refractivity contribution in [1.82, 2.24) is 9.78 Å². The molecule has 0 bridgehead atoms. The van der Waals surface area contributed by atoms with E-state index in [4.69, 9.17) is 34.2 Å².